The van der Waals surface area contributed by atoms with Crippen molar-refractivity contribution in [3.8, 4) is 22.5 Å². The fraction of sp³-hybridized carbons (Fsp3) is 0.0833. The van der Waals surface area contributed by atoms with Gasteiger partial charge in [0.15, 0.2) is 5.82 Å². The molecular weight excluding hydrogens is 422 g/mol. The standard InChI is InChI=1S/C24H19N5O2S/c30-20(26-13-18-9-5-11-31-18)14-27-23-21-19(16-6-2-1-3-7-16)15-32-24(21)29-22(28-23)17-8-4-10-25-12-17/h1-12,15H,13-14H2,(H,26,30)(H,27,28,29). The van der Waals surface area contributed by atoms with Gasteiger partial charge in [-0.1, -0.05) is 30.3 Å². The predicted octanol–water partition coefficient (Wildman–Crippen LogP) is 4.74. The second kappa shape index (κ2) is 8.99. The third-order valence-corrected chi connectivity index (χ3v) is 5.77. The quantitative estimate of drug-likeness (QED) is 0.379. The Kier molecular flexibility index (Phi) is 5.59. The van der Waals surface area contributed by atoms with Crippen molar-refractivity contribution in [1.29, 1.82) is 0 Å². The van der Waals surface area contributed by atoms with Crippen molar-refractivity contribution < 1.29 is 9.21 Å². The van der Waals surface area contributed by atoms with Crippen molar-refractivity contribution in [1.82, 2.24) is 20.3 Å². The van der Waals surface area contributed by atoms with Gasteiger partial charge in [-0.15, -0.1) is 11.3 Å². The molecule has 5 aromatic rings. The van der Waals surface area contributed by atoms with Crippen molar-refractivity contribution in [3.05, 3.63) is 84.4 Å². The van der Waals surface area contributed by atoms with Crippen LogP contribution in [0.15, 0.2) is 83.1 Å². The average Bonchev–Trinajstić information content (AvgIpc) is 3.52. The highest BCUT2D eigenvalue weighted by atomic mass is 32.1. The molecule has 0 saturated carbocycles. The summed E-state index contributed by atoms with van der Waals surface area (Å²) >= 11 is 1.55. The summed E-state index contributed by atoms with van der Waals surface area (Å²) in [5.41, 5.74) is 2.91. The summed E-state index contributed by atoms with van der Waals surface area (Å²) in [6.07, 6.45) is 5.02. The van der Waals surface area contributed by atoms with E-state index in [4.69, 9.17) is 14.4 Å². The molecule has 7 nitrogen and oxygen atoms in total. The minimum Gasteiger partial charge on any atom is -0.467 e. The molecule has 8 heteroatoms. The number of amides is 1. The molecule has 0 bridgehead atoms. The third-order valence-electron chi connectivity index (χ3n) is 4.89. The van der Waals surface area contributed by atoms with E-state index in [2.05, 4.69) is 33.1 Å². The fourth-order valence-corrected chi connectivity index (χ4v) is 4.30. The van der Waals surface area contributed by atoms with Gasteiger partial charge in [-0.25, -0.2) is 9.97 Å². The van der Waals surface area contributed by atoms with E-state index in [9.17, 15) is 4.79 Å². The molecule has 32 heavy (non-hydrogen) atoms. The molecule has 0 aliphatic carbocycles. The van der Waals surface area contributed by atoms with Gasteiger partial charge in [0, 0.05) is 28.9 Å². The molecule has 1 aromatic carbocycles. The van der Waals surface area contributed by atoms with E-state index in [0.717, 1.165) is 26.9 Å². The van der Waals surface area contributed by atoms with Crippen molar-refractivity contribution in [2.45, 2.75) is 6.54 Å². The number of thiophene rings is 1. The van der Waals surface area contributed by atoms with Crippen molar-refractivity contribution >= 4 is 33.3 Å². The van der Waals surface area contributed by atoms with Gasteiger partial charge in [-0.3, -0.25) is 9.78 Å². The predicted molar refractivity (Wildman–Crippen MR) is 125 cm³/mol. The molecule has 0 spiro atoms. The van der Waals surface area contributed by atoms with Gasteiger partial charge in [0.05, 0.1) is 24.7 Å². The Hall–Kier alpha value is -4.04. The van der Waals surface area contributed by atoms with Crippen molar-refractivity contribution in [2.75, 3.05) is 11.9 Å². The maximum absolute atomic E-state index is 12.4. The highest BCUT2D eigenvalue weighted by Gasteiger charge is 2.17. The van der Waals surface area contributed by atoms with Gasteiger partial charge in [0.2, 0.25) is 5.91 Å². The zero-order valence-electron chi connectivity index (χ0n) is 17.0. The molecule has 0 saturated heterocycles. The number of nitrogens with one attached hydrogen (secondary N) is 2. The van der Waals surface area contributed by atoms with Gasteiger partial charge in [-0.2, -0.15) is 0 Å². The van der Waals surface area contributed by atoms with E-state index in [1.54, 1.807) is 36.1 Å². The molecule has 0 aliphatic rings. The number of pyridine rings is 1. The molecule has 0 unspecified atom stereocenters. The molecule has 0 atom stereocenters. The van der Waals surface area contributed by atoms with E-state index in [-0.39, 0.29) is 12.5 Å². The first-order valence-corrected chi connectivity index (χ1v) is 10.9. The van der Waals surface area contributed by atoms with Crippen LogP contribution in [0.3, 0.4) is 0 Å². The number of hydrogen-bond donors (Lipinski definition) is 2. The number of hydrogen-bond acceptors (Lipinski definition) is 7. The number of furan rings is 1. The molecule has 158 valence electrons. The summed E-state index contributed by atoms with van der Waals surface area (Å²) in [5, 5.41) is 9.03. The summed E-state index contributed by atoms with van der Waals surface area (Å²) < 4.78 is 5.26. The summed E-state index contributed by atoms with van der Waals surface area (Å²) in [6, 6.07) is 17.5. The highest BCUT2D eigenvalue weighted by Crippen LogP contribution is 2.38. The third kappa shape index (κ3) is 4.21. The number of benzene rings is 1. The topological polar surface area (TPSA) is 92.9 Å². The van der Waals surface area contributed by atoms with Crippen LogP contribution < -0.4 is 10.6 Å². The molecule has 0 aliphatic heterocycles. The number of nitrogens with zero attached hydrogens (tertiary/aromatic N) is 3. The second-order valence-electron chi connectivity index (χ2n) is 7.04. The molecule has 1 amide bonds. The molecular formula is C24H19N5O2S. The Morgan fingerprint density at radius 3 is 2.66 bits per heavy atom. The minimum atomic E-state index is -0.160. The normalized spacial score (nSPS) is 10.9. The maximum Gasteiger partial charge on any atom is 0.239 e. The Labute approximate surface area is 188 Å². The Morgan fingerprint density at radius 1 is 1.00 bits per heavy atom. The number of anilines is 1. The fourth-order valence-electron chi connectivity index (χ4n) is 3.35. The monoisotopic (exact) mass is 441 g/mol. The van der Waals surface area contributed by atoms with Crippen molar-refractivity contribution in [3.63, 3.8) is 0 Å². The van der Waals surface area contributed by atoms with Crippen LogP contribution in [0.25, 0.3) is 32.7 Å². The number of fused-ring (bicyclic) bond motifs is 1. The summed E-state index contributed by atoms with van der Waals surface area (Å²) in [7, 11) is 0. The number of carbonyl (C=O) groups excluding carboxylic acids is 1. The van der Waals surface area contributed by atoms with E-state index in [1.165, 1.54) is 0 Å². The molecule has 0 fully saturated rings. The minimum absolute atomic E-state index is 0.0728. The highest BCUT2D eigenvalue weighted by molar-refractivity contribution is 7.17. The molecule has 4 heterocycles. The van der Waals surface area contributed by atoms with Gasteiger partial charge < -0.3 is 15.1 Å². The molecule has 0 radical (unpaired) electrons. The zero-order chi connectivity index (χ0) is 21.8. The van der Waals surface area contributed by atoms with Crippen LogP contribution in [0.5, 0.6) is 0 Å². The van der Waals surface area contributed by atoms with Crippen LogP contribution >= 0.6 is 11.3 Å². The van der Waals surface area contributed by atoms with Crippen LogP contribution in [-0.4, -0.2) is 27.4 Å². The Bertz CT molecular complexity index is 1340. The van der Waals surface area contributed by atoms with Crippen LogP contribution in [0.4, 0.5) is 5.82 Å². The first kappa shape index (κ1) is 19.9. The lowest BCUT2D eigenvalue weighted by Crippen LogP contribution is -2.29. The SMILES string of the molecule is O=C(CNc1nc(-c2cccnc2)nc2scc(-c3ccccc3)c12)NCc1ccco1. The Balaban J connectivity index is 1.48. The van der Waals surface area contributed by atoms with Gasteiger partial charge >= 0.3 is 0 Å². The molecule has 4 aromatic heterocycles. The first-order valence-electron chi connectivity index (χ1n) is 10.1. The smallest absolute Gasteiger partial charge is 0.239 e. The van der Waals surface area contributed by atoms with Gasteiger partial charge in [0.25, 0.3) is 0 Å². The van der Waals surface area contributed by atoms with Crippen LogP contribution in [0.1, 0.15) is 5.76 Å². The van der Waals surface area contributed by atoms with E-state index in [1.807, 2.05) is 36.4 Å². The lowest BCUT2D eigenvalue weighted by Gasteiger charge is -2.11. The number of rotatable bonds is 7. The summed E-state index contributed by atoms with van der Waals surface area (Å²) in [5.74, 6) is 1.71. The molecule has 5 rings (SSSR count). The largest absolute Gasteiger partial charge is 0.467 e. The summed E-state index contributed by atoms with van der Waals surface area (Å²) in [6.45, 7) is 0.407. The lowest BCUT2D eigenvalue weighted by molar-refractivity contribution is -0.119. The summed E-state index contributed by atoms with van der Waals surface area (Å²) in [4.78, 5) is 27.0. The first-order chi connectivity index (χ1) is 15.8. The van der Waals surface area contributed by atoms with Gasteiger partial charge in [-0.05, 0) is 29.8 Å². The maximum atomic E-state index is 12.4. The average molecular weight is 442 g/mol. The van der Waals surface area contributed by atoms with E-state index < -0.39 is 0 Å². The van der Waals surface area contributed by atoms with Crippen LogP contribution in [-0.2, 0) is 11.3 Å². The van der Waals surface area contributed by atoms with Crippen molar-refractivity contribution in [2.24, 2.45) is 0 Å². The van der Waals surface area contributed by atoms with Gasteiger partial charge in [0.1, 0.15) is 16.4 Å². The van der Waals surface area contributed by atoms with E-state index in [0.29, 0.717) is 23.9 Å². The Morgan fingerprint density at radius 2 is 1.88 bits per heavy atom. The zero-order valence-corrected chi connectivity index (χ0v) is 17.8. The molecule has 2 N–H and O–H groups in total. The second-order valence-corrected chi connectivity index (χ2v) is 7.90. The number of aromatic nitrogens is 3. The van der Waals surface area contributed by atoms with Crippen LogP contribution in [0, 0.1) is 0 Å². The number of carbonyl (C=O) groups is 1. The van der Waals surface area contributed by atoms with Crippen LogP contribution in [0.2, 0.25) is 0 Å². The van der Waals surface area contributed by atoms with E-state index >= 15 is 0 Å². The lowest BCUT2D eigenvalue weighted by atomic mass is 10.1.